The van der Waals surface area contributed by atoms with Gasteiger partial charge in [-0.15, -0.1) is 0 Å². The first-order valence-corrected chi connectivity index (χ1v) is 7.75. The normalized spacial score (nSPS) is 25.4. The summed E-state index contributed by atoms with van der Waals surface area (Å²) in [5.74, 6) is -1.92. The minimum Gasteiger partial charge on any atom is -0.481 e. The number of hydrogen-bond donors (Lipinski definition) is 1. The van der Waals surface area contributed by atoms with Gasteiger partial charge in [-0.3, -0.25) is 4.79 Å². The SMILES string of the molecule is Cc1cc(F)ccc1CC1(C(=O)O)CCS(=O)(=O)C1. The summed E-state index contributed by atoms with van der Waals surface area (Å²) in [7, 11) is -3.29. The Morgan fingerprint density at radius 3 is 2.63 bits per heavy atom. The molecule has 0 radical (unpaired) electrons. The smallest absolute Gasteiger partial charge is 0.311 e. The molecule has 0 bridgehead atoms. The predicted octanol–water partition coefficient (Wildman–Crippen LogP) is 1.57. The molecule has 1 saturated heterocycles. The fourth-order valence-corrected chi connectivity index (χ4v) is 4.58. The van der Waals surface area contributed by atoms with Gasteiger partial charge < -0.3 is 5.11 Å². The second-order valence-corrected chi connectivity index (χ2v) is 7.36. The molecule has 1 N–H and O–H groups in total. The van der Waals surface area contributed by atoms with Crippen molar-refractivity contribution >= 4 is 15.8 Å². The van der Waals surface area contributed by atoms with Crippen molar-refractivity contribution in [2.75, 3.05) is 11.5 Å². The molecule has 0 saturated carbocycles. The topological polar surface area (TPSA) is 71.4 Å². The van der Waals surface area contributed by atoms with Crippen LogP contribution in [0.15, 0.2) is 18.2 Å². The molecule has 1 aromatic carbocycles. The lowest BCUT2D eigenvalue weighted by atomic mass is 9.80. The highest BCUT2D eigenvalue weighted by Gasteiger charge is 2.48. The molecular formula is C13H15FO4S. The third-order valence-electron chi connectivity index (χ3n) is 3.67. The summed E-state index contributed by atoms with van der Waals surface area (Å²) in [6.45, 7) is 1.69. The maximum Gasteiger partial charge on any atom is 0.311 e. The van der Waals surface area contributed by atoms with E-state index in [-0.39, 0.29) is 30.2 Å². The minimum absolute atomic E-state index is 0.0977. The van der Waals surface area contributed by atoms with Gasteiger partial charge in [-0.1, -0.05) is 6.07 Å². The van der Waals surface area contributed by atoms with Gasteiger partial charge in [0.25, 0.3) is 0 Å². The number of benzene rings is 1. The van der Waals surface area contributed by atoms with Gasteiger partial charge in [0.2, 0.25) is 0 Å². The number of aliphatic carboxylic acids is 1. The van der Waals surface area contributed by atoms with Crippen molar-refractivity contribution in [1.82, 2.24) is 0 Å². The van der Waals surface area contributed by atoms with Crippen LogP contribution in [0.2, 0.25) is 0 Å². The summed E-state index contributed by atoms with van der Waals surface area (Å²) in [6.07, 6.45) is 0.231. The van der Waals surface area contributed by atoms with E-state index < -0.39 is 21.2 Å². The summed E-state index contributed by atoms with van der Waals surface area (Å²) in [5, 5.41) is 9.36. The molecule has 0 aromatic heterocycles. The van der Waals surface area contributed by atoms with E-state index >= 15 is 0 Å². The van der Waals surface area contributed by atoms with E-state index in [1.807, 2.05) is 0 Å². The molecule has 0 spiro atoms. The fraction of sp³-hybridized carbons (Fsp3) is 0.462. The van der Waals surface area contributed by atoms with Gasteiger partial charge >= 0.3 is 5.97 Å². The Balaban J connectivity index is 2.35. The summed E-state index contributed by atoms with van der Waals surface area (Å²) in [4.78, 5) is 11.5. The number of rotatable bonds is 3. The number of aryl methyl sites for hydroxylation is 1. The number of carbonyl (C=O) groups is 1. The van der Waals surface area contributed by atoms with Crippen LogP contribution in [0.3, 0.4) is 0 Å². The van der Waals surface area contributed by atoms with Crippen molar-refractivity contribution < 1.29 is 22.7 Å². The van der Waals surface area contributed by atoms with Crippen LogP contribution < -0.4 is 0 Å². The van der Waals surface area contributed by atoms with Crippen LogP contribution in [0.1, 0.15) is 17.5 Å². The number of sulfone groups is 1. The second kappa shape index (κ2) is 4.59. The Morgan fingerprint density at radius 2 is 2.16 bits per heavy atom. The number of carboxylic acids is 1. The zero-order valence-corrected chi connectivity index (χ0v) is 11.3. The van der Waals surface area contributed by atoms with Gasteiger partial charge in [0.1, 0.15) is 5.82 Å². The van der Waals surface area contributed by atoms with Crippen LogP contribution in [0.25, 0.3) is 0 Å². The molecule has 0 aliphatic carbocycles. The van der Waals surface area contributed by atoms with Crippen LogP contribution in [0.5, 0.6) is 0 Å². The molecule has 1 fully saturated rings. The average Bonchev–Trinajstić information content (AvgIpc) is 2.60. The molecule has 1 aliphatic heterocycles. The third-order valence-corrected chi connectivity index (χ3v) is 5.49. The molecule has 1 heterocycles. The second-order valence-electron chi connectivity index (χ2n) is 5.18. The Kier molecular flexibility index (Phi) is 3.38. The molecule has 19 heavy (non-hydrogen) atoms. The van der Waals surface area contributed by atoms with Crippen molar-refractivity contribution in [3.63, 3.8) is 0 Å². The van der Waals surface area contributed by atoms with Gasteiger partial charge in [0.05, 0.1) is 16.9 Å². The molecule has 104 valence electrons. The maximum atomic E-state index is 13.0. The van der Waals surface area contributed by atoms with E-state index in [1.54, 1.807) is 6.92 Å². The minimum atomic E-state index is -3.29. The molecule has 1 atom stereocenters. The highest BCUT2D eigenvalue weighted by Crippen LogP contribution is 2.36. The molecule has 0 amide bonds. The van der Waals surface area contributed by atoms with E-state index in [0.717, 1.165) is 0 Å². The average molecular weight is 286 g/mol. The van der Waals surface area contributed by atoms with Crippen molar-refractivity contribution in [2.24, 2.45) is 5.41 Å². The van der Waals surface area contributed by atoms with Crippen molar-refractivity contribution in [1.29, 1.82) is 0 Å². The lowest BCUT2D eigenvalue weighted by Crippen LogP contribution is -2.34. The number of halogens is 1. The summed E-state index contributed by atoms with van der Waals surface area (Å²) < 4.78 is 36.1. The monoisotopic (exact) mass is 286 g/mol. The lowest BCUT2D eigenvalue weighted by molar-refractivity contribution is -0.147. The van der Waals surface area contributed by atoms with Gasteiger partial charge in [-0.05, 0) is 43.0 Å². The van der Waals surface area contributed by atoms with E-state index in [9.17, 15) is 22.7 Å². The third kappa shape index (κ3) is 2.78. The van der Waals surface area contributed by atoms with E-state index in [1.165, 1.54) is 18.2 Å². The molecule has 4 nitrogen and oxygen atoms in total. The molecule has 2 rings (SSSR count). The van der Waals surface area contributed by atoms with Crippen LogP contribution in [0, 0.1) is 18.2 Å². The van der Waals surface area contributed by atoms with Crippen molar-refractivity contribution in [2.45, 2.75) is 19.8 Å². The Labute approximate surface area is 111 Å². The molecule has 1 aromatic rings. The highest BCUT2D eigenvalue weighted by atomic mass is 32.2. The van der Waals surface area contributed by atoms with Crippen molar-refractivity contribution in [3.8, 4) is 0 Å². The van der Waals surface area contributed by atoms with Gasteiger partial charge in [-0.25, -0.2) is 12.8 Å². The number of carboxylic acid groups (broad SMARTS) is 1. The largest absolute Gasteiger partial charge is 0.481 e. The van der Waals surface area contributed by atoms with E-state index in [0.29, 0.717) is 11.1 Å². The van der Waals surface area contributed by atoms with Gasteiger partial charge in [0.15, 0.2) is 9.84 Å². The Morgan fingerprint density at radius 1 is 1.47 bits per heavy atom. The van der Waals surface area contributed by atoms with Crippen LogP contribution in [-0.4, -0.2) is 31.0 Å². The first kappa shape index (κ1) is 14.0. The number of hydrogen-bond acceptors (Lipinski definition) is 3. The van der Waals surface area contributed by atoms with Crippen LogP contribution in [0.4, 0.5) is 4.39 Å². The lowest BCUT2D eigenvalue weighted by Gasteiger charge is -2.23. The first-order chi connectivity index (χ1) is 8.74. The van der Waals surface area contributed by atoms with Crippen molar-refractivity contribution in [3.05, 3.63) is 35.1 Å². The fourth-order valence-electron chi connectivity index (χ4n) is 2.52. The van der Waals surface area contributed by atoms with Gasteiger partial charge in [0, 0.05) is 0 Å². The van der Waals surface area contributed by atoms with Crippen LogP contribution in [-0.2, 0) is 21.1 Å². The Bertz CT molecular complexity index is 624. The maximum absolute atomic E-state index is 13.0. The highest BCUT2D eigenvalue weighted by molar-refractivity contribution is 7.91. The first-order valence-electron chi connectivity index (χ1n) is 5.93. The summed E-state index contributed by atoms with van der Waals surface area (Å²) in [5.41, 5.74) is 0.0485. The molecular weight excluding hydrogens is 271 g/mol. The Hall–Kier alpha value is -1.43. The molecule has 6 heteroatoms. The van der Waals surface area contributed by atoms with Crippen LogP contribution >= 0.6 is 0 Å². The van der Waals surface area contributed by atoms with Gasteiger partial charge in [-0.2, -0.15) is 0 Å². The quantitative estimate of drug-likeness (QED) is 0.915. The summed E-state index contributed by atoms with van der Waals surface area (Å²) >= 11 is 0. The zero-order valence-electron chi connectivity index (χ0n) is 10.5. The molecule has 1 aliphatic rings. The van der Waals surface area contributed by atoms with E-state index in [2.05, 4.69) is 0 Å². The van der Waals surface area contributed by atoms with E-state index in [4.69, 9.17) is 0 Å². The standard InChI is InChI=1S/C13H15FO4S/c1-9-6-11(14)3-2-10(9)7-13(12(15)16)4-5-19(17,18)8-13/h2-3,6H,4-5,7-8H2,1H3,(H,15,16). The summed E-state index contributed by atoms with van der Waals surface area (Å²) in [6, 6.07) is 4.12. The molecule has 1 unspecified atom stereocenters. The predicted molar refractivity (Wildman–Crippen MR) is 68.2 cm³/mol. The zero-order chi connectivity index (χ0) is 14.3.